The number of carbonyl (C=O) groups is 1. The van der Waals surface area contributed by atoms with Crippen molar-refractivity contribution in [3.8, 4) is 0 Å². The molecule has 0 bridgehead atoms. The van der Waals surface area contributed by atoms with Gasteiger partial charge < -0.3 is 9.32 Å². The van der Waals surface area contributed by atoms with Crippen molar-refractivity contribution in [3.05, 3.63) is 17.3 Å². The molecule has 122 valence electrons. The third kappa shape index (κ3) is 2.91. The lowest BCUT2D eigenvalue weighted by Crippen LogP contribution is -2.47. The second-order valence-corrected chi connectivity index (χ2v) is 6.58. The maximum absolute atomic E-state index is 12.2. The van der Waals surface area contributed by atoms with Crippen molar-refractivity contribution in [1.82, 2.24) is 14.8 Å². The van der Waals surface area contributed by atoms with Crippen LogP contribution in [0.25, 0.3) is 0 Å². The van der Waals surface area contributed by atoms with Gasteiger partial charge in [-0.2, -0.15) is 0 Å². The normalized spacial score (nSPS) is 26.0. The van der Waals surface area contributed by atoms with E-state index in [1.807, 2.05) is 20.8 Å². The first-order valence-corrected chi connectivity index (χ1v) is 8.56. The van der Waals surface area contributed by atoms with Crippen LogP contribution < -0.4 is 0 Å². The molecule has 0 saturated carbocycles. The van der Waals surface area contributed by atoms with E-state index >= 15 is 0 Å². The molecule has 2 fully saturated rings. The van der Waals surface area contributed by atoms with Crippen molar-refractivity contribution < 1.29 is 9.21 Å². The van der Waals surface area contributed by atoms with Crippen LogP contribution in [-0.2, 0) is 11.3 Å². The van der Waals surface area contributed by atoms with Crippen molar-refractivity contribution in [2.24, 2.45) is 0 Å². The minimum atomic E-state index is 0.303. The van der Waals surface area contributed by atoms with Crippen molar-refractivity contribution in [1.29, 1.82) is 0 Å². The van der Waals surface area contributed by atoms with Gasteiger partial charge in [-0.15, -0.1) is 0 Å². The Hall–Kier alpha value is -1.36. The van der Waals surface area contributed by atoms with E-state index in [-0.39, 0.29) is 0 Å². The van der Waals surface area contributed by atoms with Gasteiger partial charge in [-0.05, 0) is 46.1 Å². The van der Waals surface area contributed by atoms with E-state index in [9.17, 15) is 4.79 Å². The molecule has 3 heterocycles. The minimum absolute atomic E-state index is 0.303. The Morgan fingerprint density at radius 1 is 1.23 bits per heavy atom. The molecular formula is C17H27N3O2. The Bertz CT molecular complexity index is 521. The standard InChI is InChI=1S/C17H27N3O2/c1-4-17(21)20-10-6-8-15(20)14-7-5-9-19(14)11-16-18-12(2)13(3)22-16/h14-15H,4-11H2,1-3H3/t14-,15+/m1/s1. The molecule has 5 heteroatoms. The number of carbonyl (C=O) groups excluding carboxylic acids is 1. The minimum Gasteiger partial charge on any atom is -0.444 e. The molecule has 3 rings (SSSR count). The maximum Gasteiger partial charge on any atom is 0.222 e. The Morgan fingerprint density at radius 2 is 1.95 bits per heavy atom. The summed E-state index contributed by atoms with van der Waals surface area (Å²) in [6, 6.07) is 0.845. The van der Waals surface area contributed by atoms with E-state index in [0.717, 1.165) is 49.8 Å². The Labute approximate surface area is 132 Å². The first kappa shape index (κ1) is 15.5. The van der Waals surface area contributed by atoms with Gasteiger partial charge in [-0.3, -0.25) is 9.69 Å². The van der Waals surface area contributed by atoms with Gasteiger partial charge in [0, 0.05) is 25.0 Å². The molecular weight excluding hydrogens is 278 g/mol. The molecule has 0 spiro atoms. The first-order valence-electron chi connectivity index (χ1n) is 8.56. The smallest absolute Gasteiger partial charge is 0.222 e. The summed E-state index contributed by atoms with van der Waals surface area (Å²) in [5.41, 5.74) is 0.981. The molecule has 2 aliphatic rings. The summed E-state index contributed by atoms with van der Waals surface area (Å²) >= 11 is 0. The number of aromatic nitrogens is 1. The van der Waals surface area contributed by atoms with Crippen molar-refractivity contribution >= 4 is 5.91 Å². The highest BCUT2D eigenvalue weighted by Gasteiger charge is 2.39. The highest BCUT2D eigenvalue weighted by atomic mass is 16.4. The van der Waals surface area contributed by atoms with Crippen LogP contribution >= 0.6 is 0 Å². The summed E-state index contributed by atoms with van der Waals surface area (Å²) in [4.78, 5) is 21.3. The molecule has 0 radical (unpaired) electrons. The molecule has 2 aliphatic heterocycles. The zero-order valence-corrected chi connectivity index (χ0v) is 14.0. The number of nitrogens with zero attached hydrogens (tertiary/aromatic N) is 3. The Kier molecular flexibility index (Phi) is 4.52. The Balaban J connectivity index is 1.71. The van der Waals surface area contributed by atoms with Crippen LogP contribution in [0.2, 0.25) is 0 Å². The van der Waals surface area contributed by atoms with Crippen molar-refractivity contribution in [2.45, 2.75) is 71.5 Å². The fourth-order valence-corrected chi connectivity index (χ4v) is 3.97. The second-order valence-electron chi connectivity index (χ2n) is 6.58. The zero-order valence-electron chi connectivity index (χ0n) is 14.0. The molecule has 0 N–H and O–H groups in total. The van der Waals surface area contributed by atoms with Gasteiger partial charge in [-0.1, -0.05) is 6.92 Å². The van der Waals surface area contributed by atoms with Gasteiger partial charge in [0.1, 0.15) is 5.76 Å². The fourth-order valence-electron chi connectivity index (χ4n) is 3.97. The van der Waals surface area contributed by atoms with Crippen LogP contribution in [0.3, 0.4) is 0 Å². The fraction of sp³-hybridized carbons (Fsp3) is 0.765. The first-order chi connectivity index (χ1) is 10.6. The monoisotopic (exact) mass is 305 g/mol. The van der Waals surface area contributed by atoms with E-state index in [1.54, 1.807) is 0 Å². The van der Waals surface area contributed by atoms with Gasteiger partial charge in [0.25, 0.3) is 0 Å². The highest BCUT2D eigenvalue weighted by Crippen LogP contribution is 2.31. The SMILES string of the molecule is CCC(=O)N1CCC[C@H]1[C@H]1CCCN1Cc1nc(C)c(C)o1. The molecule has 1 amide bonds. The zero-order chi connectivity index (χ0) is 15.7. The lowest BCUT2D eigenvalue weighted by atomic mass is 10.0. The lowest BCUT2D eigenvalue weighted by Gasteiger charge is -2.34. The summed E-state index contributed by atoms with van der Waals surface area (Å²) in [6.45, 7) is 8.69. The quantitative estimate of drug-likeness (QED) is 0.858. The van der Waals surface area contributed by atoms with Crippen LogP contribution in [0, 0.1) is 13.8 Å². The van der Waals surface area contributed by atoms with Crippen molar-refractivity contribution in [3.63, 3.8) is 0 Å². The van der Waals surface area contributed by atoms with Gasteiger partial charge in [0.2, 0.25) is 11.8 Å². The number of hydrogen-bond acceptors (Lipinski definition) is 4. The Morgan fingerprint density at radius 3 is 2.64 bits per heavy atom. The molecule has 1 aromatic rings. The highest BCUT2D eigenvalue weighted by molar-refractivity contribution is 5.76. The number of hydrogen-bond donors (Lipinski definition) is 0. The molecule has 2 atom stereocenters. The van der Waals surface area contributed by atoms with E-state index in [4.69, 9.17) is 4.42 Å². The van der Waals surface area contributed by atoms with E-state index in [1.165, 1.54) is 12.8 Å². The predicted molar refractivity (Wildman–Crippen MR) is 84.4 cm³/mol. The van der Waals surface area contributed by atoms with Crippen LogP contribution in [0.5, 0.6) is 0 Å². The molecule has 22 heavy (non-hydrogen) atoms. The second kappa shape index (κ2) is 6.41. The topological polar surface area (TPSA) is 49.6 Å². The summed E-state index contributed by atoms with van der Waals surface area (Å²) in [6.07, 6.45) is 5.26. The molecule has 0 aliphatic carbocycles. The molecule has 5 nitrogen and oxygen atoms in total. The van der Waals surface area contributed by atoms with Gasteiger partial charge >= 0.3 is 0 Å². The maximum atomic E-state index is 12.2. The van der Waals surface area contributed by atoms with Gasteiger partial charge in [0.15, 0.2) is 0 Å². The van der Waals surface area contributed by atoms with E-state index in [2.05, 4.69) is 14.8 Å². The molecule has 0 aromatic carbocycles. The molecule has 0 unspecified atom stereocenters. The number of rotatable bonds is 4. The van der Waals surface area contributed by atoms with E-state index in [0.29, 0.717) is 24.4 Å². The number of likely N-dealkylation sites (tertiary alicyclic amines) is 2. The van der Waals surface area contributed by atoms with Crippen LogP contribution in [0.15, 0.2) is 4.42 Å². The third-order valence-electron chi connectivity index (χ3n) is 5.19. The van der Waals surface area contributed by atoms with E-state index < -0.39 is 0 Å². The van der Waals surface area contributed by atoms with Crippen LogP contribution in [0.1, 0.15) is 56.4 Å². The van der Waals surface area contributed by atoms with Gasteiger partial charge in [0.05, 0.1) is 12.2 Å². The average Bonchev–Trinajstić information content (AvgIpc) is 3.19. The number of amides is 1. The lowest BCUT2D eigenvalue weighted by molar-refractivity contribution is -0.132. The summed E-state index contributed by atoms with van der Waals surface area (Å²) in [7, 11) is 0. The summed E-state index contributed by atoms with van der Waals surface area (Å²) in [5, 5.41) is 0. The average molecular weight is 305 g/mol. The largest absolute Gasteiger partial charge is 0.444 e. The van der Waals surface area contributed by atoms with Crippen LogP contribution in [-0.4, -0.2) is 45.9 Å². The molecule has 1 aromatic heterocycles. The third-order valence-corrected chi connectivity index (χ3v) is 5.19. The van der Waals surface area contributed by atoms with Gasteiger partial charge in [-0.25, -0.2) is 4.98 Å². The molecule has 2 saturated heterocycles. The number of oxazole rings is 1. The summed E-state index contributed by atoms with van der Waals surface area (Å²) < 4.78 is 5.75. The number of aryl methyl sites for hydroxylation is 2. The predicted octanol–water partition coefficient (Wildman–Crippen LogP) is 2.66. The summed E-state index contributed by atoms with van der Waals surface area (Å²) in [5.74, 6) is 2.03. The van der Waals surface area contributed by atoms with Crippen molar-refractivity contribution in [2.75, 3.05) is 13.1 Å². The van der Waals surface area contributed by atoms with Crippen LogP contribution in [0.4, 0.5) is 0 Å².